The van der Waals surface area contributed by atoms with Crippen LogP contribution in [0.1, 0.15) is 36.9 Å². The highest BCUT2D eigenvalue weighted by molar-refractivity contribution is 5.73. The van der Waals surface area contributed by atoms with Gasteiger partial charge in [0.2, 0.25) is 0 Å². The Kier molecular flexibility index (Phi) is 4.95. The van der Waals surface area contributed by atoms with Crippen LogP contribution in [0.25, 0.3) is 0 Å². The van der Waals surface area contributed by atoms with Crippen LogP contribution in [-0.2, 0) is 6.42 Å². The lowest BCUT2D eigenvalue weighted by molar-refractivity contribution is 0.0501. The molecule has 0 aliphatic heterocycles. The van der Waals surface area contributed by atoms with Crippen LogP contribution in [0.2, 0.25) is 0 Å². The molecule has 2 amide bonds. The van der Waals surface area contributed by atoms with Gasteiger partial charge in [-0.15, -0.1) is 0 Å². The second-order valence-corrected chi connectivity index (χ2v) is 5.60. The first kappa shape index (κ1) is 14.8. The molecule has 1 fully saturated rings. The van der Waals surface area contributed by atoms with E-state index in [4.69, 9.17) is 0 Å². The maximum Gasteiger partial charge on any atom is 0.314 e. The first-order chi connectivity index (χ1) is 9.57. The Morgan fingerprint density at radius 2 is 2.10 bits per heavy atom. The highest BCUT2D eigenvalue weighted by Gasteiger charge is 2.31. The van der Waals surface area contributed by atoms with Crippen molar-refractivity contribution in [1.82, 2.24) is 15.6 Å². The molecule has 0 spiro atoms. The molecule has 0 radical (unpaired) electrons. The zero-order valence-electron chi connectivity index (χ0n) is 12.0. The number of carbonyl (C=O) groups excluding carboxylic acids is 1. The van der Waals surface area contributed by atoms with Gasteiger partial charge < -0.3 is 15.7 Å². The minimum Gasteiger partial charge on any atom is -0.388 e. The van der Waals surface area contributed by atoms with Crippen LogP contribution >= 0.6 is 0 Å². The topological polar surface area (TPSA) is 74.2 Å². The lowest BCUT2D eigenvalue weighted by Crippen LogP contribution is -2.45. The molecule has 0 atom stereocenters. The van der Waals surface area contributed by atoms with Crippen molar-refractivity contribution in [2.75, 3.05) is 13.1 Å². The summed E-state index contributed by atoms with van der Waals surface area (Å²) >= 11 is 0. The molecule has 3 N–H and O–H groups in total. The maximum absolute atomic E-state index is 11.6. The van der Waals surface area contributed by atoms with Crippen LogP contribution in [0.3, 0.4) is 0 Å². The smallest absolute Gasteiger partial charge is 0.314 e. The van der Waals surface area contributed by atoms with E-state index in [1.807, 2.05) is 25.3 Å². The first-order valence-electron chi connectivity index (χ1n) is 7.23. The van der Waals surface area contributed by atoms with Gasteiger partial charge in [0.05, 0.1) is 5.60 Å². The van der Waals surface area contributed by atoms with Gasteiger partial charge in [0.25, 0.3) is 0 Å². The Bertz CT molecular complexity index is 439. The average molecular weight is 277 g/mol. The van der Waals surface area contributed by atoms with Crippen LogP contribution in [0.4, 0.5) is 4.79 Å². The number of aromatic nitrogens is 1. The predicted molar refractivity (Wildman–Crippen MR) is 77.5 cm³/mol. The molecule has 5 nitrogen and oxygen atoms in total. The van der Waals surface area contributed by atoms with Crippen LogP contribution in [0.5, 0.6) is 0 Å². The highest BCUT2D eigenvalue weighted by atomic mass is 16.3. The fourth-order valence-electron chi connectivity index (χ4n) is 2.48. The lowest BCUT2D eigenvalue weighted by atomic mass is 10.0. The summed E-state index contributed by atoms with van der Waals surface area (Å²) in [7, 11) is 0. The summed E-state index contributed by atoms with van der Waals surface area (Å²) < 4.78 is 0. The number of aryl methyl sites for hydroxylation is 1. The minimum absolute atomic E-state index is 0.217. The number of amides is 2. The van der Waals surface area contributed by atoms with Gasteiger partial charge in [-0.2, -0.15) is 0 Å². The van der Waals surface area contributed by atoms with Crippen molar-refractivity contribution < 1.29 is 9.90 Å². The largest absolute Gasteiger partial charge is 0.388 e. The molecular formula is C15H23N3O2. The Balaban J connectivity index is 1.64. The van der Waals surface area contributed by atoms with Crippen LogP contribution < -0.4 is 10.6 Å². The quantitative estimate of drug-likeness (QED) is 0.764. The van der Waals surface area contributed by atoms with Crippen molar-refractivity contribution >= 4 is 6.03 Å². The van der Waals surface area contributed by atoms with Crippen molar-refractivity contribution in [3.8, 4) is 0 Å². The van der Waals surface area contributed by atoms with E-state index in [9.17, 15) is 9.90 Å². The second kappa shape index (κ2) is 6.70. The van der Waals surface area contributed by atoms with Crippen molar-refractivity contribution in [3.05, 3.63) is 29.6 Å². The van der Waals surface area contributed by atoms with E-state index in [1.54, 1.807) is 0 Å². The van der Waals surface area contributed by atoms with Gasteiger partial charge in [-0.05, 0) is 37.8 Å². The monoisotopic (exact) mass is 277 g/mol. The summed E-state index contributed by atoms with van der Waals surface area (Å²) in [5.74, 6) is 0. The van der Waals surface area contributed by atoms with E-state index in [0.717, 1.165) is 43.4 Å². The molecule has 1 aliphatic carbocycles. The van der Waals surface area contributed by atoms with Crippen LogP contribution in [0.15, 0.2) is 18.3 Å². The van der Waals surface area contributed by atoms with Gasteiger partial charge in [0.15, 0.2) is 0 Å². The van der Waals surface area contributed by atoms with Gasteiger partial charge in [-0.1, -0.05) is 18.9 Å². The fourth-order valence-corrected chi connectivity index (χ4v) is 2.48. The first-order valence-corrected chi connectivity index (χ1v) is 7.23. The number of pyridine rings is 1. The Morgan fingerprint density at radius 1 is 1.35 bits per heavy atom. The van der Waals surface area contributed by atoms with E-state index in [2.05, 4.69) is 15.6 Å². The molecule has 1 aromatic heterocycles. The maximum atomic E-state index is 11.6. The summed E-state index contributed by atoms with van der Waals surface area (Å²) in [5.41, 5.74) is 1.40. The molecule has 0 bridgehead atoms. The van der Waals surface area contributed by atoms with Crippen molar-refractivity contribution in [2.45, 2.75) is 44.6 Å². The third-order valence-electron chi connectivity index (χ3n) is 3.78. The van der Waals surface area contributed by atoms with E-state index in [0.29, 0.717) is 13.1 Å². The molecule has 5 heteroatoms. The molecule has 0 aromatic carbocycles. The lowest BCUT2D eigenvalue weighted by Gasteiger charge is -2.22. The van der Waals surface area contributed by atoms with Crippen molar-refractivity contribution in [2.24, 2.45) is 0 Å². The van der Waals surface area contributed by atoms with Gasteiger partial charge in [0.1, 0.15) is 0 Å². The zero-order chi connectivity index (χ0) is 14.4. The number of nitrogens with one attached hydrogen (secondary N) is 2. The standard InChI is InChI=1S/C15H23N3O2/c1-12-4-5-13(10-17-12)6-9-16-14(19)18-11-15(20)7-2-3-8-15/h4-5,10,20H,2-3,6-9,11H2,1H3,(H2,16,18,19). The zero-order valence-corrected chi connectivity index (χ0v) is 12.0. The number of urea groups is 1. The summed E-state index contributed by atoms with van der Waals surface area (Å²) in [6.45, 7) is 2.85. The molecule has 1 heterocycles. The number of aliphatic hydroxyl groups is 1. The van der Waals surface area contributed by atoms with Gasteiger partial charge in [0, 0.05) is 25.0 Å². The molecule has 0 unspecified atom stereocenters. The second-order valence-electron chi connectivity index (χ2n) is 5.60. The van der Waals surface area contributed by atoms with Crippen molar-refractivity contribution in [3.63, 3.8) is 0 Å². The number of nitrogens with zero attached hydrogens (tertiary/aromatic N) is 1. The Hall–Kier alpha value is -1.62. The molecular weight excluding hydrogens is 254 g/mol. The van der Waals surface area contributed by atoms with E-state index in [1.165, 1.54) is 0 Å². The summed E-state index contributed by atoms with van der Waals surface area (Å²) in [5, 5.41) is 15.7. The number of hydrogen-bond donors (Lipinski definition) is 3. The average Bonchev–Trinajstić information content (AvgIpc) is 2.86. The van der Waals surface area contributed by atoms with E-state index < -0.39 is 5.60 Å². The Labute approximate surface area is 119 Å². The number of rotatable bonds is 5. The molecule has 2 rings (SSSR count). The van der Waals surface area contributed by atoms with Crippen LogP contribution in [-0.4, -0.2) is 34.8 Å². The third kappa shape index (κ3) is 4.49. The van der Waals surface area contributed by atoms with Crippen LogP contribution in [0, 0.1) is 6.92 Å². The molecule has 0 saturated heterocycles. The summed E-state index contributed by atoms with van der Waals surface area (Å²) in [4.78, 5) is 15.9. The highest BCUT2D eigenvalue weighted by Crippen LogP contribution is 2.28. The molecule has 1 aromatic rings. The fraction of sp³-hybridized carbons (Fsp3) is 0.600. The predicted octanol–water partition coefficient (Wildman–Crippen LogP) is 1.54. The summed E-state index contributed by atoms with van der Waals surface area (Å²) in [6.07, 6.45) is 6.23. The minimum atomic E-state index is -0.696. The van der Waals surface area contributed by atoms with Gasteiger partial charge in [-0.3, -0.25) is 4.98 Å². The van der Waals surface area contributed by atoms with E-state index in [-0.39, 0.29) is 6.03 Å². The van der Waals surface area contributed by atoms with E-state index >= 15 is 0 Å². The van der Waals surface area contributed by atoms with Crippen molar-refractivity contribution in [1.29, 1.82) is 0 Å². The normalized spacial score (nSPS) is 16.9. The van der Waals surface area contributed by atoms with Gasteiger partial charge >= 0.3 is 6.03 Å². The molecule has 110 valence electrons. The number of hydrogen-bond acceptors (Lipinski definition) is 3. The third-order valence-corrected chi connectivity index (χ3v) is 3.78. The molecule has 1 aliphatic rings. The Morgan fingerprint density at radius 3 is 2.75 bits per heavy atom. The number of carbonyl (C=O) groups is 1. The summed E-state index contributed by atoms with van der Waals surface area (Å²) in [6, 6.07) is 3.76. The van der Waals surface area contributed by atoms with Gasteiger partial charge in [-0.25, -0.2) is 4.79 Å². The molecule has 1 saturated carbocycles. The SMILES string of the molecule is Cc1ccc(CCNC(=O)NCC2(O)CCCC2)cn1. The molecule has 20 heavy (non-hydrogen) atoms.